The quantitative estimate of drug-likeness (QED) is 0.453. The summed E-state index contributed by atoms with van der Waals surface area (Å²) in [6.45, 7) is 7.82. The van der Waals surface area contributed by atoms with Crippen LogP contribution in [0.1, 0.15) is 36.0 Å². The molecule has 31 heavy (non-hydrogen) atoms. The molecule has 2 aliphatic heterocycles. The van der Waals surface area contributed by atoms with Crippen LogP contribution in [0.4, 0.5) is 5.69 Å². The van der Waals surface area contributed by atoms with Crippen LogP contribution in [0.5, 0.6) is 0 Å². The zero-order chi connectivity index (χ0) is 22.6. The van der Waals surface area contributed by atoms with Gasteiger partial charge < -0.3 is 14.5 Å². The fourth-order valence-electron chi connectivity index (χ4n) is 3.54. The molecule has 0 spiro atoms. The van der Waals surface area contributed by atoms with Crippen LogP contribution in [0, 0.1) is 0 Å². The second kappa shape index (κ2) is 9.65. The highest BCUT2D eigenvalue weighted by Gasteiger charge is 2.33. The number of amidine groups is 1. The summed E-state index contributed by atoms with van der Waals surface area (Å²) in [5.41, 5.74) is 0.275. The third kappa shape index (κ3) is 4.99. The lowest BCUT2D eigenvalue weighted by Gasteiger charge is -2.30. The van der Waals surface area contributed by atoms with E-state index in [4.69, 9.17) is 16.3 Å². The average Bonchev–Trinajstić information content (AvgIpc) is 2.96. The number of ether oxygens (including phenoxy) is 1. The number of esters is 1. The van der Waals surface area contributed by atoms with Crippen molar-refractivity contribution in [2.24, 2.45) is 4.40 Å². The molecule has 0 aromatic heterocycles. The first-order valence-electron chi connectivity index (χ1n) is 9.90. The molecule has 1 fully saturated rings. The number of halogens is 1. The van der Waals surface area contributed by atoms with E-state index < -0.39 is 28.5 Å². The molecule has 8 nitrogen and oxygen atoms in total. The second-order valence-corrected chi connectivity index (χ2v) is 9.18. The van der Waals surface area contributed by atoms with Gasteiger partial charge in [0.15, 0.2) is 6.61 Å². The Bertz CT molecular complexity index is 1040. The Hall–Kier alpha value is -2.65. The molecule has 0 aliphatic carbocycles. The Morgan fingerprint density at radius 2 is 1.90 bits per heavy atom. The lowest BCUT2D eigenvalue weighted by atomic mass is 10.1. The third-order valence-corrected chi connectivity index (χ3v) is 6.68. The molecule has 2 aliphatic rings. The Morgan fingerprint density at radius 3 is 2.58 bits per heavy atom. The third-order valence-electron chi connectivity index (χ3n) is 5.03. The van der Waals surface area contributed by atoms with Gasteiger partial charge in [-0.3, -0.25) is 4.79 Å². The van der Waals surface area contributed by atoms with E-state index in [-0.39, 0.29) is 28.6 Å². The number of carbonyl (C=O) groups is 2. The number of sulfonamides is 1. The summed E-state index contributed by atoms with van der Waals surface area (Å²) in [6, 6.07) is 2.63. The number of hydrogen-bond acceptors (Lipinski definition) is 6. The number of carbonyl (C=O) groups excluding carboxylic acids is 2. The van der Waals surface area contributed by atoms with Crippen molar-refractivity contribution in [1.29, 1.82) is 0 Å². The van der Waals surface area contributed by atoms with Crippen LogP contribution >= 0.6 is 11.6 Å². The fraction of sp³-hybridized carbons (Fsp3) is 0.381. The normalized spacial score (nSPS) is 16.8. The van der Waals surface area contributed by atoms with Gasteiger partial charge in [0.05, 0.1) is 16.3 Å². The van der Waals surface area contributed by atoms with E-state index in [1.807, 2.05) is 4.90 Å². The minimum Gasteiger partial charge on any atom is -0.452 e. The highest BCUT2D eigenvalue weighted by molar-refractivity contribution is 7.90. The van der Waals surface area contributed by atoms with E-state index in [0.717, 1.165) is 19.3 Å². The van der Waals surface area contributed by atoms with Crippen molar-refractivity contribution < 1.29 is 22.7 Å². The van der Waals surface area contributed by atoms with Crippen molar-refractivity contribution in [3.63, 3.8) is 0 Å². The van der Waals surface area contributed by atoms with E-state index in [2.05, 4.69) is 17.6 Å². The minimum atomic E-state index is -3.98. The monoisotopic (exact) mass is 465 g/mol. The zero-order valence-electron chi connectivity index (χ0n) is 17.0. The Balaban J connectivity index is 1.85. The molecule has 1 amide bonds. The van der Waals surface area contributed by atoms with Gasteiger partial charge in [0, 0.05) is 26.1 Å². The van der Waals surface area contributed by atoms with E-state index in [1.165, 1.54) is 17.0 Å². The van der Waals surface area contributed by atoms with Gasteiger partial charge in [-0.1, -0.05) is 30.2 Å². The number of nitrogens with zero attached hydrogens (tertiary/aromatic N) is 3. The van der Waals surface area contributed by atoms with E-state index in [0.29, 0.717) is 24.5 Å². The molecule has 0 unspecified atom stereocenters. The van der Waals surface area contributed by atoms with Gasteiger partial charge in [-0.15, -0.1) is 17.6 Å². The van der Waals surface area contributed by atoms with Crippen molar-refractivity contribution in [1.82, 2.24) is 4.90 Å². The van der Waals surface area contributed by atoms with Gasteiger partial charge in [-0.25, -0.2) is 4.79 Å². The maximum atomic E-state index is 12.7. The van der Waals surface area contributed by atoms with Crippen LogP contribution < -0.4 is 4.90 Å². The minimum absolute atomic E-state index is 0.0472. The summed E-state index contributed by atoms with van der Waals surface area (Å²) in [4.78, 5) is 28.0. The summed E-state index contributed by atoms with van der Waals surface area (Å²) >= 11 is 6.31. The van der Waals surface area contributed by atoms with Crippen molar-refractivity contribution in [2.45, 2.75) is 30.6 Å². The molecule has 1 saturated heterocycles. The predicted octanol–water partition coefficient (Wildman–Crippen LogP) is 3.18. The first kappa shape index (κ1) is 23.0. The largest absolute Gasteiger partial charge is 0.452 e. The predicted molar refractivity (Wildman–Crippen MR) is 119 cm³/mol. The van der Waals surface area contributed by atoms with Crippen LogP contribution in [0.15, 0.2) is 46.7 Å². The lowest BCUT2D eigenvalue weighted by Crippen LogP contribution is -2.36. The van der Waals surface area contributed by atoms with Crippen LogP contribution in [-0.4, -0.2) is 57.3 Å². The Labute approximate surface area is 186 Å². The molecule has 1 aromatic rings. The number of benzene rings is 1. The number of anilines is 1. The molecule has 2 heterocycles. The van der Waals surface area contributed by atoms with Gasteiger partial charge in [0.1, 0.15) is 10.7 Å². The van der Waals surface area contributed by atoms with Gasteiger partial charge in [0.25, 0.3) is 15.9 Å². The highest BCUT2D eigenvalue weighted by Crippen LogP contribution is 2.38. The van der Waals surface area contributed by atoms with Crippen LogP contribution in [0.25, 0.3) is 0 Å². The van der Waals surface area contributed by atoms with Gasteiger partial charge in [-0.05, 0) is 25.0 Å². The molecular formula is C21H24ClN3O5S. The molecule has 0 atom stereocenters. The maximum absolute atomic E-state index is 12.7. The average molecular weight is 466 g/mol. The van der Waals surface area contributed by atoms with Crippen LogP contribution in [0.2, 0.25) is 5.02 Å². The molecule has 10 heteroatoms. The van der Waals surface area contributed by atoms with Crippen LogP contribution in [0.3, 0.4) is 0 Å². The summed E-state index contributed by atoms with van der Waals surface area (Å²) in [6.07, 6.45) is 6.40. The van der Waals surface area contributed by atoms with Crippen LogP contribution in [-0.2, 0) is 19.6 Å². The first-order chi connectivity index (χ1) is 14.8. The zero-order valence-corrected chi connectivity index (χ0v) is 18.6. The number of hydrogen-bond donors (Lipinski definition) is 0. The standard InChI is InChI=1S/C21H24ClN3O5S/c1-3-9-24(10-4-2)20(26)14-30-21(27)15-12-18-17(13-16(15)22)25-11-7-5-6-8-19(25)23-31(18,28)29/h3-4,12-13H,1-2,5-11,14H2. The molecule has 1 aromatic carbocycles. The van der Waals surface area contributed by atoms with E-state index >= 15 is 0 Å². The molecular weight excluding hydrogens is 442 g/mol. The lowest BCUT2D eigenvalue weighted by molar-refractivity contribution is -0.133. The summed E-state index contributed by atoms with van der Waals surface area (Å²) in [7, 11) is -3.98. The van der Waals surface area contributed by atoms with Gasteiger partial charge in [0.2, 0.25) is 0 Å². The maximum Gasteiger partial charge on any atom is 0.340 e. The number of amides is 1. The number of rotatable bonds is 7. The van der Waals surface area contributed by atoms with Crippen molar-refractivity contribution in [3.8, 4) is 0 Å². The Kier molecular flexibility index (Phi) is 7.17. The van der Waals surface area contributed by atoms with E-state index in [1.54, 1.807) is 12.2 Å². The molecule has 166 valence electrons. The van der Waals surface area contributed by atoms with Crippen molar-refractivity contribution in [2.75, 3.05) is 31.1 Å². The second-order valence-electron chi connectivity index (χ2n) is 7.20. The van der Waals surface area contributed by atoms with Crippen molar-refractivity contribution >= 4 is 45.0 Å². The molecule has 0 saturated carbocycles. The summed E-state index contributed by atoms with van der Waals surface area (Å²) < 4.78 is 34.5. The van der Waals surface area contributed by atoms with Gasteiger partial charge >= 0.3 is 5.97 Å². The van der Waals surface area contributed by atoms with Gasteiger partial charge in [-0.2, -0.15) is 8.42 Å². The number of fused-ring (bicyclic) bond motifs is 3. The SMILES string of the molecule is C=CCN(CC=C)C(=O)COC(=O)c1cc2c(cc1Cl)N1CCCCCC1=NS2(=O)=O. The molecule has 3 rings (SSSR count). The highest BCUT2D eigenvalue weighted by atomic mass is 35.5. The summed E-state index contributed by atoms with van der Waals surface area (Å²) in [5, 5.41) is 0.0472. The Morgan fingerprint density at radius 1 is 1.19 bits per heavy atom. The smallest absolute Gasteiger partial charge is 0.340 e. The molecule has 0 radical (unpaired) electrons. The van der Waals surface area contributed by atoms with E-state index in [9.17, 15) is 18.0 Å². The summed E-state index contributed by atoms with van der Waals surface area (Å²) in [5.74, 6) is -0.834. The molecule has 0 bridgehead atoms. The van der Waals surface area contributed by atoms with Crippen molar-refractivity contribution in [3.05, 3.63) is 48.0 Å². The fourth-order valence-corrected chi connectivity index (χ4v) is 5.04. The topological polar surface area (TPSA) is 96.3 Å². The first-order valence-corrected chi connectivity index (χ1v) is 11.7. The molecule has 0 N–H and O–H groups in total.